The van der Waals surface area contributed by atoms with E-state index in [9.17, 15) is 22.0 Å². The number of hydrogen-bond donors (Lipinski definition) is 2. The second-order valence-corrected chi connectivity index (χ2v) is 8.71. The van der Waals surface area contributed by atoms with Gasteiger partial charge in [0, 0.05) is 17.1 Å². The van der Waals surface area contributed by atoms with Crippen molar-refractivity contribution in [2.24, 2.45) is 0 Å². The van der Waals surface area contributed by atoms with Crippen LogP contribution >= 0.6 is 0 Å². The number of furan rings is 1. The molecule has 1 aromatic heterocycles. The average Bonchev–Trinajstić information content (AvgIpc) is 3.02. The summed E-state index contributed by atoms with van der Waals surface area (Å²) in [5.41, 5.74) is 7.81. The lowest BCUT2D eigenvalue weighted by Gasteiger charge is -2.07. The van der Waals surface area contributed by atoms with Crippen LogP contribution in [0, 0.1) is 11.6 Å². The van der Waals surface area contributed by atoms with Gasteiger partial charge in [0.05, 0.1) is 17.5 Å². The molecule has 0 aliphatic carbocycles. The molecule has 0 saturated carbocycles. The standard InChI is InChI=1S/C22H16F2N2O4S/c1-31(28,29)26-15-4-2-3-12(9-15)13-5-7-17-19(10-13)30-22(20(17)25)21(27)16-8-6-14(23)11-18(16)24/h2-11,26H,25H2,1H3. The number of carbonyl (C=O) groups is 1. The van der Waals surface area contributed by atoms with Crippen LogP contribution in [0.3, 0.4) is 0 Å². The third-order valence-electron chi connectivity index (χ3n) is 4.61. The second-order valence-electron chi connectivity index (χ2n) is 6.96. The third-order valence-corrected chi connectivity index (χ3v) is 5.22. The summed E-state index contributed by atoms with van der Waals surface area (Å²) in [4.78, 5) is 12.7. The van der Waals surface area contributed by atoms with Gasteiger partial charge in [0.1, 0.15) is 17.2 Å². The van der Waals surface area contributed by atoms with Crippen molar-refractivity contribution < 1.29 is 26.4 Å². The lowest BCUT2D eigenvalue weighted by Crippen LogP contribution is -2.09. The molecule has 0 aliphatic heterocycles. The van der Waals surface area contributed by atoms with Crippen LogP contribution in [-0.2, 0) is 10.0 Å². The van der Waals surface area contributed by atoms with E-state index >= 15 is 0 Å². The normalized spacial score (nSPS) is 11.6. The van der Waals surface area contributed by atoms with Crippen molar-refractivity contribution >= 4 is 38.2 Å². The second kappa shape index (κ2) is 7.51. The molecular weight excluding hydrogens is 426 g/mol. The zero-order chi connectivity index (χ0) is 22.3. The fourth-order valence-electron chi connectivity index (χ4n) is 3.24. The Balaban J connectivity index is 1.75. The van der Waals surface area contributed by atoms with Gasteiger partial charge in [0.15, 0.2) is 5.76 Å². The predicted octanol–water partition coefficient (Wildman–Crippen LogP) is 4.56. The number of fused-ring (bicyclic) bond motifs is 1. The molecule has 0 spiro atoms. The van der Waals surface area contributed by atoms with Crippen molar-refractivity contribution in [3.63, 3.8) is 0 Å². The van der Waals surface area contributed by atoms with Crippen molar-refractivity contribution in [1.29, 1.82) is 0 Å². The Bertz CT molecular complexity index is 1450. The SMILES string of the molecule is CS(=O)(=O)Nc1cccc(-c2ccc3c(N)c(C(=O)c4ccc(F)cc4F)oc3c2)c1. The van der Waals surface area contributed by atoms with Crippen LogP contribution in [0.15, 0.2) is 65.1 Å². The van der Waals surface area contributed by atoms with E-state index in [0.29, 0.717) is 33.8 Å². The van der Waals surface area contributed by atoms with Crippen molar-refractivity contribution in [3.05, 3.63) is 83.6 Å². The van der Waals surface area contributed by atoms with Crippen LogP contribution in [0.5, 0.6) is 0 Å². The first kappa shape index (κ1) is 20.5. The van der Waals surface area contributed by atoms with E-state index in [1.54, 1.807) is 42.5 Å². The molecule has 0 bridgehead atoms. The lowest BCUT2D eigenvalue weighted by atomic mass is 10.0. The molecule has 4 rings (SSSR count). The summed E-state index contributed by atoms with van der Waals surface area (Å²) in [5.74, 6) is -2.86. The number of nitrogens with two attached hydrogens (primary N) is 1. The van der Waals surface area contributed by atoms with E-state index in [1.807, 2.05) is 0 Å². The monoisotopic (exact) mass is 442 g/mol. The van der Waals surface area contributed by atoms with Crippen LogP contribution in [-0.4, -0.2) is 20.5 Å². The number of halogens is 2. The maximum Gasteiger partial charge on any atom is 0.233 e. The zero-order valence-electron chi connectivity index (χ0n) is 16.1. The van der Waals surface area contributed by atoms with Crippen LogP contribution < -0.4 is 10.5 Å². The van der Waals surface area contributed by atoms with Gasteiger partial charge in [0.2, 0.25) is 15.8 Å². The summed E-state index contributed by atoms with van der Waals surface area (Å²) in [6.45, 7) is 0. The minimum atomic E-state index is -3.43. The van der Waals surface area contributed by atoms with E-state index in [2.05, 4.69) is 4.72 Å². The summed E-state index contributed by atoms with van der Waals surface area (Å²) >= 11 is 0. The molecule has 0 fully saturated rings. The largest absolute Gasteiger partial charge is 0.450 e. The number of hydrogen-bond acceptors (Lipinski definition) is 5. The third kappa shape index (κ3) is 4.13. The molecule has 9 heteroatoms. The first-order valence-corrected chi connectivity index (χ1v) is 10.9. The minimum Gasteiger partial charge on any atom is -0.450 e. The number of sulfonamides is 1. The molecule has 3 N–H and O–H groups in total. The van der Waals surface area contributed by atoms with Gasteiger partial charge in [-0.1, -0.05) is 18.2 Å². The first-order chi connectivity index (χ1) is 14.6. The number of carbonyl (C=O) groups excluding carboxylic acids is 1. The highest BCUT2D eigenvalue weighted by Gasteiger charge is 2.23. The number of nitrogen functional groups attached to an aromatic ring is 1. The zero-order valence-corrected chi connectivity index (χ0v) is 17.0. The summed E-state index contributed by atoms with van der Waals surface area (Å²) in [5, 5.41) is 0.458. The molecular formula is C22H16F2N2O4S. The Morgan fingerprint density at radius 2 is 1.74 bits per heavy atom. The Morgan fingerprint density at radius 1 is 1.00 bits per heavy atom. The molecule has 158 valence electrons. The molecule has 1 heterocycles. The van der Waals surface area contributed by atoms with Gasteiger partial charge in [-0.25, -0.2) is 17.2 Å². The van der Waals surface area contributed by atoms with Crippen molar-refractivity contribution in [3.8, 4) is 11.1 Å². The van der Waals surface area contributed by atoms with Crippen molar-refractivity contribution in [1.82, 2.24) is 0 Å². The van der Waals surface area contributed by atoms with E-state index in [4.69, 9.17) is 10.2 Å². The van der Waals surface area contributed by atoms with Crippen LogP contribution in [0.4, 0.5) is 20.2 Å². The fraction of sp³-hybridized carbons (Fsp3) is 0.0455. The number of benzene rings is 3. The molecule has 0 atom stereocenters. The lowest BCUT2D eigenvalue weighted by molar-refractivity contribution is 0.101. The number of rotatable bonds is 5. The molecule has 0 unspecified atom stereocenters. The Kier molecular flexibility index (Phi) is 4.98. The predicted molar refractivity (Wildman–Crippen MR) is 114 cm³/mol. The van der Waals surface area contributed by atoms with Gasteiger partial charge in [0.25, 0.3) is 0 Å². The molecule has 0 amide bonds. The molecule has 0 saturated heterocycles. The van der Waals surface area contributed by atoms with Gasteiger partial charge < -0.3 is 10.2 Å². The van der Waals surface area contributed by atoms with E-state index in [-0.39, 0.29) is 17.0 Å². The van der Waals surface area contributed by atoms with Gasteiger partial charge >= 0.3 is 0 Å². The highest BCUT2D eigenvalue weighted by molar-refractivity contribution is 7.92. The summed E-state index contributed by atoms with van der Waals surface area (Å²) < 4.78 is 58.1. The highest BCUT2D eigenvalue weighted by atomic mass is 32.2. The summed E-state index contributed by atoms with van der Waals surface area (Å²) in [6, 6.07) is 14.4. The summed E-state index contributed by atoms with van der Waals surface area (Å²) in [7, 11) is -3.43. The first-order valence-electron chi connectivity index (χ1n) is 9.02. The minimum absolute atomic E-state index is 0.0442. The topological polar surface area (TPSA) is 102 Å². The maximum absolute atomic E-state index is 14.0. The molecule has 0 aliphatic rings. The molecule has 31 heavy (non-hydrogen) atoms. The van der Waals surface area contributed by atoms with Gasteiger partial charge in [-0.2, -0.15) is 0 Å². The number of ketones is 1. The fourth-order valence-corrected chi connectivity index (χ4v) is 3.79. The van der Waals surface area contributed by atoms with Crippen molar-refractivity contribution in [2.45, 2.75) is 0 Å². The van der Waals surface area contributed by atoms with Crippen molar-refractivity contribution in [2.75, 3.05) is 16.7 Å². The van der Waals surface area contributed by atoms with Gasteiger partial charge in [-0.05, 0) is 47.5 Å². The highest BCUT2D eigenvalue weighted by Crippen LogP contribution is 2.34. The number of anilines is 2. The Labute approximate surface area is 176 Å². The smallest absolute Gasteiger partial charge is 0.233 e. The Hall–Kier alpha value is -3.72. The van der Waals surface area contributed by atoms with E-state index in [1.165, 1.54) is 0 Å². The molecule has 3 aromatic carbocycles. The average molecular weight is 442 g/mol. The van der Waals surface area contributed by atoms with E-state index < -0.39 is 27.4 Å². The van der Waals surface area contributed by atoms with Gasteiger partial charge in [-0.3, -0.25) is 9.52 Å². The van der Waals surface area contributed by atoms with Crippen LogP contribution in [0.2, 0.25) is 0 Å². The maximum atomic E-state index is 14.0. The molecule has 0 radical (unpaired) electrons. The summed E-state index contributed by atoms with van der Waals surface area (Å²) in [6.07, 6.45) is 1.06. The molecule has 6 nitrogen and oxygen atoms in total. The van der Waals surface area contributed by atoms with Crippen LogP contribution in [0.1, 0.15) is 16.1 Å². The molecule has 4 aromatic rings. The van der Waals surface area contributed by atoms with E-state index in [0.717, 1.165) is 18.4 Å². The Morgan fingerprint density at radius 3 is 2.45 bits per heavy atom. The van der Waals surface area contributed by atoms with Gasteiger partial charge in [-0.15, -0.1) is 0 Å². The quantitative estimate of drug-likeness (QED) is 0.441. The van der Waals surface area contributed by atoms with Crippen LogP contribution in [0.25, 0.3) is 22.1 Å². The number of nitrogens with one attached hydrogen (secondary N) is 1.